The lowest BCUT2D eigenvalue weighted by atomic mass is 10.2. The minimum atomic E-state index is -0.594. The van der Waals surface area contributed by atoms with Crippen molar-refractivity contribution in [1.29, 1.82) is 0 Å². The molecule has 5 rings (SSSR count). The summed E-state index contributed by atoms with van der Waals surface area (Å²) in [7, 11) is 0. The van der Waals surface area contributed by atoms with Gasteiger partial charge >= 0.3 is 5.69 Å². The van der Waals surface area contributed by atoms with Gasteiger partial charge in [0.15, 0.2) is 11.5 Å². The number of H-pyrrole nitrogens is 1. The van der Waals surface area contributed by atoms with E-state index in [2.05, 4.69) is 32.7 Å². The predicted molar refractivity (Wildman–Crippen MR) is 128 cm³/mol. The molecule has 32 heavy (non-hydrogen) atoms. The molecule has 0 fully saturated rings. The van der Waals surface area contributed by atoms with Crippen LogP contribution in [0.15, 0.2) is 75.4 Å². The second-order valence-electron chi connectivity index (χ2n) is 7.00. The van der Waals surface area contributed by atoms with Gasteiger partial charge in [0.05, 0.1) is 20.7 Å². The molecule has 1 aliphatic rings. The van der Waals surface area contributed by atoms with Crippen LogP contribution in [0.5, 0.6) is 17.2 Å². The van der Waals surface area contributed by atoms with E-state index in [-0.39, 0.29) is 6.79 Å². The topological polar surface area (TPSA) is 94.9 Å². The largest absolute Gasteiger partial charge is 0.488 e. The molecule has 0 bridgehead atoms. The van der Waals surface area contributed by atoms with Gasteiger partial charge in [-0.1, -0.05) is 18.2 Å². The summed E-state index contributed by atoms with van der Waals surface area (Å²) in [6, 6.07) is 18.0. The highest BCUT2D eigenvalue weighted by Gasteiger charge is 2.13. The van der Waals surface area contributed by atoms with Crippen LogP contribution < -0.4 is 25.5 Å². The third-order valence-corrected chi connectivity index (χ3v) is 5.74. The van der Waals surface area contributed by atoms with Crippen molar-refractivity contribution in [2.45, 2.75) is 6.61 Å². The Bertz CT molecular complexity index is 1470. The molecule has 0 radical (unpaired) electrons. The monoisotopic (exact) mass is 541 g/mol. The van der Waals surface area contributed by atoms with Gasteiger partial charge in [-0.15, -0.1) is 4.68 Å². The number of rotatable bonds is 5. The third kappa shape index (κ3) is 3.98. The summed E-state index contributed by atoms with van der Waals surface area (Å²) in [5.74, 6) is 2.16. The molecule has 4 aromatic rings. The number of hydrogen-bond acceptors (Lipinski definition) is 6. The Hall–Kier alpha value is -3.60. The summed E-state index contributed by atoms with van der Waals surface area (Å²) in [6.07, 6.45) is 1.47. The van der Waals surface area contributed by atoms with Gasteiger partial charge in [0.1, 0.15) is 12.4 Å². The average molecular weight is 541 g/mol. The van der Waals surface area contributed by atoms with Crippen molar-refractivity contribution < 1.29 is 14.2 Å². The number of hydrogen-bond donors (Lipinski definition) is 1. The van der Waals surface area contributed by atoms with Crippen molar-refractivity contribution >= 4 is 39.7 Å². The van der Waals surface area contributed by atoms with Crippen LogP contribution in [0.25, 0.3) is 10.9 Å². The molecule has 0 saturated carbocycles. The molecule has 0 unspecified atom stereocenters. The Morgan fingerprint density at radius 3 is 2.78 bits per heavy atom. The highest BCUT2D eigenvalue weighted by molar-refractivity contribution is 14.1. The normalized spacial score (nSPS) is 12.5. The number of nitrogens with one attached hydrogen (secondary N) is 1. The number of ether oxygens (including phenoxy) is 3. The fourth-order valence-corrected chi connectivity index (χ4v) is 3.98. The summed E-state index contributed by atoms with van der Waals surface area (Å²) < 4.78 is 18.3. The molecular formula is C23H16IN3O5. The van der Waals surface area contributed by atoms with E-state index >= 15 is 0 Å². The van der Waals surface area contributed by atoms with E-state index in [1.165, 1.54) is 6.21 Å². The van der Waals surface area contributed by atoms with Crippen LogP contribution >= 0.6 is 22.6 Å². The van der Waals surface area contributed by atoms with Crippen LogP contribution in [-0.2, 0) is 6.61 Å². The number of benzene rings is 3. The smallest absolute Gasteiger partial charge is 0.349 e. The Kier molecular flexibility index (Phi) is 5.39. The van der Waals surface area contributed by atoms with Crippen LogP contribution in [0.3, 0.4) is 0 Å². The third-order valence-electron chi connectivity index (χ3n) is 4.89. The molecule has 1 aromatic heterocycles. The summed E-state index contributed by atoms with van der Waals surface area (Å²) in [6.45, 7) is 0.611. The summed E-state index contributed by atoms with van der Waals surface area (Å²) in [5.41, 5.74) is 1.10. The van der Waals surface area contributed by atoms with Gasteiger partial charge in [0.25, 0.3) is 5.56 Å². The highest BCUT2D eigenvalue weighted by Crippen LogP contribution is 2.33. The molecule has 160 valence electrons. The first-order valence-corrected chi connectivity index (χ1v) is 10.8. The minimum absolute atomic E-state index is 0.234. The summed E-state index contributed by atoms with van der Waals surface area (Å²) >= 11 is 2.17. The number of para-hydroxylation sites is 1. The van der Waals surface area contributed by atoms with Crippen molar-refractivity contribution in [2.24, 2.45) is 5.10 Å². The summed E-state index contributed by atoms with van der Waals surface area (Å²) in [5, 5.41) is 4.48. The molecule has 0 atom stereocenters. The van der Waals surface area contributed by atoms with Crippen molar-refractivity contribution in [3.63, 3.8) is 0 Å². The molecule has 0 spiro atoms. The quantitative estimate of drug-likeness (QED) is 0.309. The number of aromatic amines is 1. The second-order valence-corrected chi connectivity index (χ2v) is 8.17. The minimum Gasteiger partial charge on any atom is -0.488 e. The van der Waals surface area contributed by atoms with Crippen LogP contribution in [0, 0.1) is 3.57 Å². The van der Waals surface area contributed by atoms with E-state index in [1.807, 2.05) is 30.3 Å². The van der Waals surface area contributed by atoms with Crippen LogP contribution in [-0.4, -0.2) is 22.7 Å². The van der Waals surface area contributed by atoms with Gasteiger partial charge in [0, 0.05) is 0 Å². The molecule has 3 aromatic carbocycles. The SMILES string of the molecule is O=c1[nH]c2ccccc2c(=O)n1N=Cc1ccc(OCc2ccc3c(c2)OCO3)c(I)c1. The van der Waals surface area contributed by atoms with E-state index < -0.39 is 11.2 Å². The van der Waals surface area contributed by atoms with Gasteiger partial charge in [-0.2, -0.15) is 5.10 Å². The van der Waals surface area contributed by atoms with E-state index in [0.29, 0.717) is 29.0 Å². The molecule has 1 aliphatic heterocycles. The Morgan fingerprint density at radius 1 is 1.06 bits per heavy atom. The standard InChI is InChI=1S/C23H16IN3O5/c24-17-9-14(11-25-27-22(28)16-3-1-2-4-18(16)26-23(27)29)5-7-19(17)30-12-15-6-8-20-21(10-15)32-13-31-20/h1-11H,12-13H2,(H,26,29). The average Bonchev–Trinajstić information content (AvgIpc) is 3.26. The zero-order valence-corrected chi connectivity index (χ0v) is 18.7. The Morgan fingerprint density at radius 2 is 1.91 bits per heavy atom. The van der Waals surface area contributed by atoms with Crippen molar-refractivity contribution in [2.75, 3.05) is 6.79 Å². The Labute approximate surface area is 195 Å². The zero-order chi connectivity index (χ0) is 22.1. The number of nitrogens with zero attached hydrogens (tertiary/aromatic N) is 2. The van der Waals surface area contributed by atoms with E-state index in [0.717, 1.165) is 25.1 Å². The van der Waals surface area contributed by atoms with Crippen LogP contribution in [0.2, 0.25) is 0 Å². The molecule has 0 saturated heterocycles. The summed E-state index contributed by atoms with van der Waals surface area (Å²) in [4.78, 5) is 27.5. The molecule has 8 nitrogen and oxygen atoms in total. The van der Waals surface area contributed by atoms with E-state index in [1.54, 1.807) is 30.3 Å². The number of aromatic nitrogens is 2. The first-order chi connectivity index (χ1) is 15.6. The van der Waals surface area contributed by atoms with Crippen molar-refractivity contribution in [1.82, 2.24) is 9.66 Å². The second kappa shape index (κ2) is 8.50. The Balaban J connectivity index is 1.33. The fraction of sp³-hybridized carbons (Fsp3) is 0.0870. The van der Waals surface area contributed by atoms with Gasteiger partial charge in [-0.05, 0) is 76.2 Å². The molecule has 0 aliphatic carbocycles. The molecule has 1 N–H and O–H groups in total. The zero-order valence-electron chi connectivity index (χ0n) is 16.6. The van der Waals surface area contributed by atoms with Crippen LogP contribution in [0.4, 0.5) is 0 Å². The van der Waals surface area contributed by atoms with Gasteiger partial charge in [-0.25, -0.2) is 4.79 Å². The highest BCUT2D eigenvalue weighted by atomic mass is 127. The first kappa shape index (κ1) is 20.3. The maximum absolute atomic E-state index is 12.6. The van der Waals surface area contributed by atoms with Gasteiger partial charge in [-0.3, -0.25) is 4.79 Å². The molecule has 0 amide bonds. The predicted octanol–water partition coefficient (Wildman–Crippen LogP) is 3.48. The van der Waals surface area contributed by atoms with Crippen LogP contribution in [0.1, 0.15) is 11.1 Å². The molecule has 2 heterocycles. The van der Waals surface area contributed by atoms with E-state index in [9.17, 15) is 9.59 Å². The van der Waals surface area contributed by atoms with E-state index in [4.69, 9.17) is 14.2 Å². The lowest BCUT2D eigenvalue weighted by Gasteiger charge is -2.09. The first-order valence-electron chi connectivity index (χ1n) is 9.68. The molecular weight excluding hydrogens is 525 g/mol. The molecule has 9 heteroatoms. The van der Waals surface area contributed by atoms with Gasteiger partial charge < -0.3 is 19.2 Å². The lowest BCUT2D eigenvalue weighted by molar-refractivity contribution is 0.174. The number of halogens is 1. The lowest BCUT2D eigenvalue weighted by Crippen LogP contribution is -2.32. The maximum Gasteiger partial charge on any atom is 0.349 e. The fourth-order valence-electron chi connectivity index (χ4n) is 3.29. The number of fused-ring (bicyclic) bond motifs is 2. The maximum atomic E-state index is 12.6. The van der Waals surface area contributed by atoms with Crippen molar-refractivity contribution in [3.8, 4) is 17.2 Å². The van der Waals surface area contributed by atoms with Crippen molar-refractivity contribution in [3.05, 3.63) is 96.2 Å². The van der Waals surface area contributed by atoms with Gasteiger partial charge in [0.2, 0.25) is 6.79 Å².